The molecule has 1 saturated heterocycles. The Morgan fingerprint density at radius 2 is 1.93 bits per heavy atom. The molecule has 0 radical (unpaired) electrons. The summed E-state index contributed by atoms with van der Waals surface area (Å²) in [6.07, 6.45) is 5.32. The highest BCUT2D eigenvalue weighted by Crippen LogP contribution is 2.39. The number of ether oxygens (including phenoxy) is 2. The Morgan fingerprint density at radius 3 is 2.70 bits per heavy atom. The standard InChI is InChI=1S/C21H22N4O2/c1-2-6-14(7-3-1)19-16-8-4-5-9-17(16)23-21(27-15-10-11-26-13-15)20(19)18-12-22-25-24-18/h1-3,6-7,15H,4-5,8-13H2/t15-/m0/s1. The number of nitrogens with zero attached hydrogens (tertiary/aromatic N) is 4. The fourth-order valence-corrected chi connectivity index (χ4v) is 4.10. The zero-order valence-electron chi connectivity index (χ0n) is 15.2. The van der Waals surface area contributed by atoms with E-state index in [1.54, 1.807) is 0 Å². The molecule has 0 spiro atoms. The van der Waals surface area contributed by atoms with E-state index in [0.29, 0.717) is 19.0 Å². The van der Waals surface area contributed by atoms with Crippen molar-refractivity contribution < 1.29 is 9.47 Å². The molecule has 3 aliphatic rings. The minimum absolute atomic E-state index is 0.0393. The average Bonchev–Trinajstić information content (AvgIpc) is 3.42. The molecule has 0 unspecified atom stereocenters. The molecule has 138 valence electrons. The molecule has 0 bridgehead atoms. The molecule has 2 aromatic rings. The van der Waals surface area contributed by atoms with E-state index in [1.807, 2.05) is 6.07 Å². The van der Waals surface area contributed by atoms with E-state index in [-0.39, 0.29) is 6.10 Å². The Balaban J connectivity index is 1.72. The molecule has 6 nitrogen and oxygen atoms in total. The summed E-state index contributed by atoms with van der Waals surface area (Å²) in [5.41, 5.74) is 6.65. The summed E-state index contributed by atoms with van der Waals surface area (Å²) < 4.78 is 11.8. The molecule has 1 fully saturated rings. The van der Waals surface area contributed by atoms with Crippen LogP contribution in [0.15, 0.2) is 45.8 Å². The Kier molecular flexibility index (Phi) is 4.41. The number of hydrogen-bond donors (Lipinski definition) is 0. The van der Waals surface area contributed by atoms with Crippen molar-refractivity contribution in [2.24, 2.45) is 15.4 Å². The van der Waals surface area contributed by atoms with E-state index in [4.69, 9.17) is 14.5 Å². The Morgan fingerprint density at radius 1 is 1.04 bits per heavy atom. The van der Waals surface area contributed by atoms with Gasteiger partial charge < -0.3 is 9.47 Å². The highest BCUT2D eigenvalue weighted by molar-refractivity contribution is 6.10. The highest BCUT2D eigenvalue weighted by Gasteiger charge is 2.29. The smallest absolute Gasteiger partial charge is 0.224 e. The van der Waals surface area contributed by atoms with Crippen LogP contribution in [0.3, 0.4) is 0 Å². The fraction of sp³-hybridized carbons (Fsp3) is 0.429. The van der Waals surface area contributed by atoms with Gasteiger partial charge in [0, 0.05) is 17.7 Å². The van der Waals surface area contributed by atoms with Crippen molar-refractivity contribution in [2.45, 2.75) is 38.2 Å². The first-order chi connectivity index (χ1) is 13.4. The number of rotatable bonds is 4. The van der Waals surface area contributed by atoms with Crippen molar-refractivity contribution in [3.05, 3.63) is 47.2 Å². The fourth-order valence-electron chi connectivity index (χ4n) is 4.10. The van der Waals surface area contributed by atoms with Gasteiger partial charge in [-0.3, -0.25) is 0 Å². The van der Waals surface area contributed by atoms with Crippen LogP contribution in [0.5, 0.6) is 5.88 Å². The van der Waals surface area contributed by atoms with Gasteiger partial charge in [-0.05, 0) is 42.0 Å². The van der Waals surface area contributed by atoms with E-state index >= 15 is 0 Å². The number of fused-ring (bicyclic) bond motifs is 1. The lowest BCUT2D eigenvalue weighted by molar-refractivity contribution is 0.137. The molecule has 2 aliphatic heterocycles. The van der Waals surface area contributed by atoms with Crippen LogP contribution < -0.4 is 4.74 Å². The van der Waals surface area contributed by atoms with Crippen molar-refractivity contribution in [3.8, 4) is 17.0 Å². The van der Waals surface area contributed by atoms with Gasteiger partial charge in [0.25, 0.3) is 0 Å². The third-order valence-electron chi connectivity index (χ3n) is 5.41. The predicted octanol–water partition coefficient (Wildman–Crippen LogP) is 3.97. The third kappa shape index (κ3) is 3.14. The predicted molar refractivity (Wildman–Crippen MR) is 102 cm³/mol. The molecule has 0 saturated carbocycles. The highest BCUT2D eigenvalue weighted by atomic mass is 16.5. The minimum Gasteiger partial charge on any atom is -0.471 e. The summed E-state index contributed by atoms with van der Waals surface area (Å²) in [5, 5.41) is 12.2. The van der Waals surface area contributed by atoms with E-state index in [2.05, 4.69) is 39.7 Å². The first-order valence-corrected chi connectivity index (χ1v) is 9.69. The second kappa shape index (κ2) is 7.19. The first-order valence-electron chi connectivity index (χ1n) is 9.69. The van der Waals surface area contributed by atoms with Crippen molar-refractivity contribution in [1.82, 2.24) is 4.98 Å². The Bertz CT molecular complexity index is 902. The van der Waals surface area contributed by atoms with Crippen molar-refractivity contribution in [2.75, 3.05) is 19.8 Å². The third-order valence-corrected chi connectivity index (χ3v) is 5.41. The van der Waals surface area contributed by atoms with Gasteiger partial charge in [0.2, 0.25) is 5.88 Å². The van der Waals surface area contributed by atoms with Gasteiger partial charge >= 0.3 is 0 Å². The van der Waals surface area contributed by atoms with Crippen LogP contribution in [-0.4, -0.2) is 36.6 Å². The maximum absolute atomic E-state index is 6.35. The van der Waals surface area contributed by atoms with Gasteiger partial charge in [0.05, 0.1) is 18.8 Å². The van der Waals surface area contributed by atoms with Gasteiger partial charge in [-0.15, -0.1) is 5.10 Å². The number of aromatic nitrogens is 1. The van der Waals surface area contributed by atoms with E-state index in [9.17, 15) is 0 Å². The maximum Gasteiger partial charge on any atom is 0.224 e. The number of pyridine rings is 1. The van der Waals surface area contributed by atoms with Gasteiger partial charge in [-0.2, -0.15) is 5.11 Å². The lowest BCUT2D eigenvalue weighted by Gasteiger charge is -2.25. The molecule has 1 aliphatic carbocycles. The average molecular weight is 362 g/mol. The quantitative estimate of drug-likeness (QED) is 0.826. The molecule has 6 heteroatoms. The molecule has 5 rings (SSSR count). The molecule has 1 aromatic heterocycles. The minimum atomic E-state index is 0.0393. The summed E-state index contributed by atoms with van der Waals surface area (Å²) in [5.74, 6) is 0.663. The summed E-state index contributed by atoms with van der Waals surface area (Å²) >= 11 is 0. The van der Waals surface area contributed by atoms with E-state index < -0.39 is 0 Å². The lowest BCUT2D eigenvalue weighted by atomic mass is 9.85. The normalized spacial score (nSPS) is 21.2. The lowest BCUT2D eigenvalue weighted by Crippen LogP contribution is -2.22. The molecule has 0 N–H and O–H groups in total. The monoisotopic (exact) mass is 362 g/mol. The zero-order valence-corrected chi connectivity index (χ0v) is 15.2. The number of benzene rings is 1. The first kappa shape index (κ1) is 16.6. The number of hydrogen-bond acceptors (Lipinski definition) is 6. The van der Waals surface area contributed by atoms with Crippen molar-refractivity contribution in [1.29, 1.82) is 0 Å². The SMILES string of the molecule is c1ccc(-c2c3c(nc(O[C@H]4CCOC4)c2C2=NN=NC2)CCCC3)cc1. The second-order valence-corrected chi connectivity index (χ2v) is 7.20. The van der Waals surface area contributed by atoms with Crippen molar-refractivity contribution in [3.63, 3.8) is 0 Å². The molecular weight excluding hydrogens is 340 g/mol. The van der Waals surface area contributed by atoms with Crippen molar-refractivity contribution >= 4 is 5.71 Å². The summed E-state index contributed by atoms with van der Waals surface area (Å²) in [7, 11) is 0. The van der Waals surface area contributed by atoms with Crippen LogP contribution in [0.25, 0.3) is 11.1 Å². The second-order valence-electron chi connectivity index (χ2n) is 7.20. The zero-order chi connectivity index (χ0) is 18.1. The Labute approximate surface area is 158 Å². The molecule has 3 heterocycles. The maximum atomic E-state index is 6.35. The van der Waals surface area contributed by atoms with Crippen LogP contribution >= 0.6 is 0 Å². The number of aryl methyl sites for hydroxylation is 1. The van der Waals surface area contributed by atoms with Crippen LogP contribution in [-0.2, 0) is 17.6 Å². The molecular formula is C21H22N4O2. The molecule has 27 heavy (non-hydrogen) atoms. The van der Waals surface area contributed by atoms with Crippen LogP contribution in [0.2, 0.25) is 0 Å². The van der Waals surface area contributed by atoms with Crippen LogP contribution in [0, 0.1) is 0 Å². The summed E-state index contributed by atoms with van der Waals surface area (Å²) in [6.45, 7) is 1.82. The van der Waals surface area contributed by atoms with E-state index in [0.717, 1.165) is 42.8 Å². The van der Waals surface area contributed by atoms with E-state index in [1.165, 1.54) is 29.5 Å². The summed E-state index contributed by atoms with van der Waals surface area (Å²) in [6, 6.07) is 10.5. The topological polar surface area (TPSA) is 68.4 Å². The molecule has 1 aromatic carbocycles. The summed E-state index contributed by atoms with van der Waals surface area (Å²) in [4.78, 5) is 4.97. The molecule has 1 atom stereocenters. The molecule has 0 amide bonds. The van der Waals surface area contributed by atoms with Gasteiger partial charge in [0.1, 0.15) is 18.4 Å². The van der Waals surface area contributed by atoms with Crippen LogP contribution in [0.1, 0.15) is 36.1 Å². The van der Waals surface area contributed by atoms with Gasteiger partial charge in [0.15, 0.2) is 0 Å². The van der Waals surface area contributed by atoms with Gasteiger partial charge in [-0.25, -0.2) is 4.98 Å². The van der Waals surface area contributed by atoms with Gasteiger partial charge in [-0.1, -0.05) is 30.3 Å². The Hall–Kier alpha value is -2.60. The largest absolute Gasteiger partial charge is 0.471 e. The van der Waals surface area contributed by atoms with Crippen LogP contribution in [0.4, 0.5) is 0 Å².